The van der Waals surface area contributed by atoms with Gasteiger partial charge < -0.3 is 19.4 Å². The zero-order valence-corrected chi connectivity index (χ0v) is 14.3. The average molecular weight is 299 g/mol. The number of methoxy groups -OCH3 is 1. The van der Waals surface area contributed by atoms with E-state index in [0.717, 1.165) is 0 Å². The molecule has 1 fully saturated rings. The fourth-order valence-corrected chi connectivity index (χ4v) is 2.46. The van der Waals surface area contributed by atoms with Crippen molar-refractivity contribution in [2.24, 2.45) is 0 Å². The lowest BCUT2D eigenvalue weighted by atomic mass is 10.1. The molecule has 1 unspecified atom stereocenters. The van der Waals surface area contributed by atoms with E-state index in [0.29, 0.717) is 12.3 Å². The number of ether oxygens (including phenoxy) is 3. The van der Waals surface area contributed by atoms with E-state index in [9.17, 15) is 5.21 Å². The van der Waals surface area contributed by atoms with Crippen molar-refractivity contribution < 1.29 is 19.4 Å². The summed E-state index contributed by atoms with van der Waals surface area (Å²) in [5.41, 5.74) is 2.03. The molecular weight excluding hydrogens is 270 g/mol. The highest BCUT2D eigenvalue weighted by Crippen LogP contribution is 2.32. The molecule has 3 atom stereocenters. The molecule has 1 heterocycles. The minimum atomic E-state index is -0.473. The van der Waals surface area contributed by atoms with E-state index >= 15 is 0 Å². The monoisotopic (exact) mass is 299 g/mol. The second-order valence-corrected chi connectivity index (χ2v) is 7.28. The molecule has 0 aromatic carbocycles. The molecule has 0 spiro atoms. The summed E-state index contributed by atoms with van der Waals surface area (Å²) in [7, 11) is 1.54. The van der Waals surface area contributed by atoms with Crippen LogP contribution in [0.3, 0.4) is 0 Å². The standard InChI is InChI=1S/C16H29NO4/c1-9-11(19-8)13-14(21-16(5,6)7)12(10-17(13)18)20-15(2,3)4/h12-14,18H,1,10H2,2-8H3/t12-,13?,14+/m0/s1. The number of hydrogen-bond donors (Lipinski definition) is 1. The normalized spacial score (nSPS) is 27.5. The van der Waals surface area contributed by atoms with Gasteiger partial charge in [0, 0.05) is 0 Å². The van der Waals surface area contributed by atoms with Gasteiger partial charge in [0.2, 0.25) is 0 Å². The van der Waals surface area contributed by atoms with Crippen LogP contribution in [0.4, 0.5) is 0 Å². The van der Waals surface area contributed by atoms with Gasteiger partial charge in [-0.25, -0.2) is 0 Å². The Morgan fingerprint density at radius 3 is 2.05 bits per heavy atom. The Labute approximate surface area is 128 Å². The maximum atomic E-state index is 10.3. The van der Waals surface area contributed by atoms with Gasteiger partial charge >= 0.3 is 0 Å². The van der Waals surface area contributed by atoms with E-state index < -0.39 is 6.04 Å². The van der Waals surface area contributed by atoms with Crippen LogP contribution in [0, 0.1) is 0 Å². The summed E-state index contributed by atoms with van der Waals surface area (Å²) < 4.78 is 17.5. The summed E-state index contributed by atoms with van der Waals surface area (Å²) >= 11 is 0. The van der Waals surface area contributed by atoms with Gasteiger partial charge in [-0.1, -0.05) is 12.3 Å². The van der Waals surface area contributed by atoms with Crippen molar-refractivity contribution in [2.75, 3.05) is 13.7 Å². The molecule has 0 aromatic heterocycles. The van der Waals surface area contributed by atoms with E-state index in [1.165, 1.54) is 12.2 Å². The summed E-state index contributed by atoms with van der Waals surface area (Å²) in [6.45, 7) is 15.8. The van der Waals surface area contributed by atoms with Crippen LogP contribution in [-0.2, 0) is 14.2 Å². The molecule has 122 valence electrons. The second kappa shape index (κ2) is 6.51. The van der Waals surface area contributed by atoms with Gasteiger partial charge in [0.25, 0.3) is 0 Å². The summed E-state index contributed by atoms with van der Waals surface area (Å²) in [6, 6.07) is -0.473. The molecule has 1 N–H and O–H groups in total. The van der Waals surface area contributed by atoms with Crippen LogP contribution in [0.25, 0.3) is 0 Å². The topological polar surface area (TPSA) is 51.2 Å². The van der Waals surface area contributed by atoms with Crippen molar-refractivity contribution in [2.45, 2.75) is 71.0 Å². The average Bonchev–Trinajstić information content (AvgIpc) is 2.54. The minimum absolute atomic E-state index is 0.266. The van der Waals surface area contributed by atoms with Crippen LogP contribution in [0.1, 0.15) is 41.5 Å². The van der Waals surface area contributed by atoms with Gasteiger partial charge in [-0.2, -0.15) is 5.06 Å². The van der Waals surface area contributed by atoms with Gasteiger partial charge in [-0.05, 0) is 41.5 Å². The Morgan fingerprint density at radius 2 is 1.67 bits per heavy atom. The first kappa shape index (κ1) is 18.2. The fraction of sp³-hybridized carbons (Fsp3) is 0.812. The van der Waals surface area contributed by atoms with Crippen molar-refractivity contribution in [3.8, 4) is 0 Å². The van der Waals surface area contributed by atoms with Crippen LogP contribution in [0.15, 0.2) is 18.1 Å². The van der Waals surface area contributed by atoms with Crippen molar-refractivity contribution in [1.82, 2.24) is 5.06 Å². The highest BCUT2D eigenvalue weighted by Gasteiger charge is 2.48. The first-order chi connectivity index (χ1) is 9.48. The minimum Gasteiger partial charge on any atom is -0.491 e. The molecule has 0 amide bonds. The lowest BCUT2D eigenvalue weighted by Crippen LogP contribution is -2.45. The first-order valence-corrected chi connectivity index (χ1v) is 7.23. The molecule has 0 aliphatic carbocycles. The molecule has 1 saturated heterocycles. The van der Waals surface area contributed by atoms with Crippen LogP contribution < -0.4 is 0 Å². The molecule has 21 heavy (non-hydrogen) atoms. The fourth-order valence-electron chi connectivity index (χ4n) is 2.46. The van der Waals surface area contributed by atoms with Gasteiger partial charge in [0.15, 0.2) is 5.76 Å². The van der Waals surface area contributed by atoms with Gasteiger partial charge in [0.05, 0.1) is 24.9 Å². The third kappa shape index (κ3) is 5.13. The highest BCUT2D eigenvalue weighted by molar-refractivity contribution is 5.11. The highest BCUT2D eigenvalue weighted by atomic mass is 16.6. The van der Waals surface area contributed by atoms with Crippen LogP contribution in [-0.4, -0.2) is 53.4 Å². The van der Waals surface area contributed by atoms with Crippen molar-refractivity contribution >= 4 is 0 Å². The molecule has 0 radical (unpaired) electrons. The Kier molecular flexibility index (Phi) is 5.64. The quantitative estimate of drug-likeness (QED) is 0.639. The SMILES string of the molecule is C=C=C(OC)C1[C@H](OC(C)(C)C)[C@@H](OC(C)(C)C)CN1O. The Bertz CT molecular complexity index is 401. The number of rotatable bonds is 4. The molecule has 0 bridgehead atoms. The van der Waals surface area contributed by atoms with Crippen molar-refractivity contribution in [3.63, 3.8) is 0 Å². The largest absolute Gasteiger partial charge is 0.491 e. The third-order valence-electron chi connectivity index (χ3n) is 3.02. The predicted octanol–water partition coefficient (Wildman–Crippen LogP) is 2.74. The Hall–Kier alpha value is -0.840. The van der Waals surface area contributed by atoms with E-state index in [1.807, 2.05) is 41.5 Å². The summed E-state index contributed by atoms with van der Waals surface area (Å²) in [6.07, 6.45) is -0.629. The summed E-state index contributed by atoms with van der Waals surface area (Å²) in [5.74, 6) is 0.451. The van der Waals surface area contributed by atoms with Crippen LogP contribution >= 0.6 is 0 Å². The second-order valence-electron chi connectivity index (χ2n) is 7.28. The number of nitrogens with zero attached hydrogens (tertiary/aromatic N) is 1. The maximum absolute atomic E-state index is 10.3. The van der Waals surface area contributed by atoms with E-state index in [-0.39, 0.29) is 23.4 Å². The number of hydroxylamine groups is 2. The molecule has 0 saturated carbocycles. The van der Waals surface area contributed by atoms with E-state index in [1.54, 1.807) is 0 Å². The smallest absolute Gasteiger partial charge is 0.159 e. The van der Waals surface area contributed by atoms with Crippen LogP contribution in [0.5, 0.6) is 0 Å². The molecule has 5 nitrogen and oxygen atoms in total. The Balaban J connectivity index is 3.08. The maximum Gasteiger partial charge on any atom is 0.159 e. The Morgan fingerprint density at radius 1 is 1.14 bits per heavy atom. The molecule has 1 aliphatic rings. The van der Waals surface area contributed by atoms with Gasteiger partial charge in [0.1, 0.15) is 18.2 Å². The van der Waals surface area contributed by atoms with Crippen molar-refractivity contribution in [1.29, 1.82) is 0 Å². The van der Waals surface area contributed by atoms with Crippen LogP contribution in [0.2, 0.25) is 0 Å². The predicted molar refractivity (Wildman–Crippen MR) is 81.2 cm³/mol. The number of hydrogen-bond acceptors (Lipinski definition) is 5. The lowest BCUT2D eigenvalue weighted by Gasteiger charge is -2.34. The lowest BCUT2D eigenvalue weighted by molar-refractivity contribution is -0.156. The molecule has 0 aromatic rings. The van der Waals surface area contributed by atoms with Gasteiger partial charge in [-0.15, -0.1) is 0 Å². The third-order valence-corrected chi connectivity index (χ3v) is 3.02. The first-order valence-electron chi connectivity index (χ1n) is 7.23. The molecule has 1 rings (SSSR count). The van der Waals surface area contributed by atoms with E-state index in [2.05, 4.69) is 12.3 Å². The van der Waals surface area contributed by atoms with Crippen molar-refractivity contribution in [3.05, 3.63) is 18.1 Å². The summed E-state index contributed by atoms with van der Waals surface area (Å²) in [4.78, 5) is 0. The van der Waals surface area contributed by atoms with Gasteiger partial charge in [-0.3, -0.25) is 0 Å². The molecule has 5 heteroatoms. The van der Waals surface area contributed by atoms with E-state index in [4.69, 9.17) is 14.2 Å². The summed E-state index contributed by atoms with van der Waals surface area (Å²) in [5, 5.41) is 11.4. The molecule has 1 aliphatic heterocycles. The zero-order valence-electron chi connectivity index (χ0n) is 14.3. The molecular formula is C16H29NO4. The zero-order chi connectivity index (χ0) is 16.4.